The van der Waals surface area contributed by atoms with Gasteiger partial charge >= 0.3 is 0 Å². The van der Waals surface area contributed by atoms with Gasteiger partial charge in [-0.05, 0) is 18.4 Å². The van der Waals surface area contributed by atoms with Crippen LogP contribution in [0.2, 0.25) is 0 Å². The lowest BCUT2D eigenvalue weighted by atomic mass is 9.98. The highest BCUT2D eigenvalue weighted by Gasteiger charge is 2.20. The van der Waals surface area contributed by atoms with Crippen molar-refractivity contribution in [3.05, 3.63) is 35.9 Å². The number of carbonyl (C=O) groups is 1. The molecule has 0 fully saturated rings. The van der Waals surface area contributed by atoms with Crippen LogP contribution in [0.1, 0.15) is 38.8 Å². The third-order valence-corrected chi connectivity index (χ3v) is 3.22. The first kappa shape index (κ1) is 13.7. The van der Waals surface area contributed by atoms with E-state index in [0.29, 0.717) is 0 Å². The fraction of sp³-hybridized carbons (Fsp3) is 0.500. The van der Waals surface area contributed by atoms with Gasteiger partial charge in [0.15, 0.2) is 0 Å². The minimum Gasteiger partial charge on any atom is -0.348 e. The summed E-state index contributed by atoms with van der Waals surface area (Å²) >= 11 is 0. The highest BCUT2D eigenvalue weighted by atomic mass is 16.2. The smallest absolute Gasteiger partial charge is 0.237 e. The monoisotopic (exact) mass is 234 g/mol. The number of rotatable bonds is 5. The van der Waals surface area contributed by atoms with E-state index in [0.717, 1.165) is 12.0 Å². The van der Waals surface area contributed by atoms with Crippen LogP contribution in [-0.2, 0) is 4.79 Å². The van der Waals surface area contributed by atoms with Crippen molar-refractivity contribution in [3.63, 3.8) is 0 Å². The zero-order chi connectivity index (χ0) is 12.8. The second kappa shape index (κ2) is 6.40. The first-order chi connectivity index (χ1) is 8.06. The van der Waals surface area contributed by atoms with Crippen LogP contribution in [0.5, 0.6) is 0 Å². The minimum atomic E-state index is -0.425. The van der Waals surface area contributed by atoms with Gasteiger partial charge in [-0.1, -0.05) is 50.6 Å². The average molecular weight is 234 g/mol. The molecule has 3 nitrogen and oxygen atoms in total. The van der Waals surface area contributed by atoms with E-state index in [1.54, 1.807) is 0 Å². The Morgan fingerprint density at radius 2 is 1.88 bits per heavy atom. The molecule has 0 heterocycles. The van der Waals surface area contributed by atoms with E-state index in [-0.39, 0.29) is 17.9 Å². The summed E-state index contributed by atoms with van der Waals surface area (Å²) in [6.45, 7) is 6.01. The van der Waals surface area contributed by atoms with Gasteiger partial charge in [0.1, 0.15) is 0 Å². The molecular weight excluding hydrogens is 212 g/mol. The van der Waals surface area contributed by atoms with E-state index in [2.05, 4.69) is 5.32 Å². The Bertz CT molecular complexity index is 350. The summed E-state index contributed by atoms with van der Waals surface area (Å²) in [5, 5.41) is 2.95. The van der Waals surface area contributed by atoms with Crippen molar-refractivity contribution in [2.24, 2.45) is 11.7 Å². The molecule has 1 amide bonds. The minimum absolute atomic E-state index is 0.00111. The standard InChI is InChI=1S/C14H22N2O/c1-4-10(2)13(15)14(17)16-11(3)12-8-6-5-7-9-12/h5-11,13H,4,15H2,1-3H3,(H,16,17)/t10-,11+,13-/m0/s1. The molecule has 1 rings (SSSR count). The van der Waals surface area contributed by atoms with Crippen LogP contribution >= 0.6 is 0 Å². The van der Waals surface area contributed by atoms with E-state index in [1.807, 2.05) is 51.1 Å². The zero-order valence-corrected chi connectivity index (χ0v) is 10.8. The molecule has 0 aliphatic carbocycles. The molecular formula is C14H22N2O. The van der Waals surface area contributed by atoms with Crippen molar-refractivity contribution in [1.29, 1.82) is 0 Å². The maximum Gasteiger partial charge on any atom is 0.237 e. The lowest BCUT2D eigenvalue weighted by molar-refractivity contribution is -0.124. The molecule has 0 bridgehead atoms. The van der Waals surface area contributed by atoms with Crippen LogP contribution in [0.4, 0.5) is 0 Å². The Morgan fingerprint density at radius 3 is 2.41 bits per heavy atom. The van der Waals surface area contributed by atoms with Gasteiger partial charge in [-0.2, -0.15) is 0 Å². The van der Waals surface area contributed by atoms with Gasteiger partial charge in [0.25, 0.3) is 0 Å². The van der Waals surface area contributed by atoms with Crippen LogP contribution in [-0.4, -0.2) is 11.9 Å². The molecule has 0 radical (unpaired) electrons. The highest BCUT2D eigenvalue weighted by molar-refractivity contribution is 5.82. The van der Waals surface area contributed by atoms with Crippen LogP contribution in [0, 0.1) is 5.92 Å². The highest BCUT2D eigenvalue weighted by Crippen LogP contribution is 2.12. The fourth-order valence-electron chi connectivity index (χ4n) is 1.65. The fourth-order valence-corrected chi connectivity index (χ4v) is 1.65. The predicted octanol–water partition coefficient (Wildman–Crippen LogP) is 2.24. The van der Waals surface area contributed by atoms with Gasteiger partial charge < -0.3 is 11.1 Å². The van der Waals surface area contributed by atoms with E-state index in [1.165, 1.54) is 0 Å². The Hall–Kier alpha value is -1.35. The van der Waals surface area contributed by atoms with Crippen molar-refractivity contribution in [2.45, 2.75) is 39.3 Å². The Morgan fingerprint density at radius 1 is 1.29 bits per heavy atom. The molecule has 0 unspecified atom stereocenters. The molecule has 94 valence electrons. The molecule has 0 saturated carbocycles. The topological polar surface area (TPSA) is 55.1 Å². The lowest BCUT2D eigenvalue weighted by Crippen LogP contribution is -2.45. The number of hydrogen-bond acceptors (Lipinski definition) is 2. The van der Waals surface area contributed by atoms with Gasteiger partial charge in [-0.3, -0.25) is 4.79 Å². The molecule has 3 N–H and O–H groups in total. The molecule has 0 aliphatic rings. The second-order valence-corrected chi connectivity index (χ2v) is 4.55. The number of nitrogens with two attached hydrogens (primary N) is 1. The second-order valence-electron chi connectivity index (χ2n) is 4.55. The first-order valence-electron chi connectivity index (χ1n) is 6.17. The molecule has 0 aliphatic heterocycles. The van der Waals surface area contributed by atoms with Gasteiger partial charge in [-0.25, -0.2) is 0 Å². The van der Waals surface area contributed by atoms with Crippen LogP contribution in [0.3, 0.4) is 0 Å². The summed E-state index contributed by atoms with van der Waals surface area (Å²) < 4.78 is 0. The Balaban J connectivity index is 2.57. The SMILES string of the molecule is CC[C@H](C)[C@H](N)C(=O)N[C@H](C)c1ccccc1. The summed E-state index contributed by atoms with van der Waals surface area (Å²) in [4.78, 5) is 11.9. The number of hydrogen-bond donors (Lipinski definition) is 2. The summed E-state index contributed by atoms with van der Waals surface area (Å²) in [5.74, 6) is 0.133. The molecule has 1 aromatic carbocycles. The summed E-state index contributed by atoms with van der Waals surface area (Å²) in [7, 11) is 0. The molecule has 1 aromatic rings. The van der Waals surface area contributed by atoms with E-state index < -0.39 is 6.04 Å². The van der Waals surface area contributed by atoms with Crippen molar-refractivity contribution in [1.82, 2.24) is 5.32 Å². The van der Waals surface area contributed by atoms with E-state index in [9.17, 15) is 4.79 Å². The maximum absolute atomic E-state index is 11.9. The summed E-state index contributed by atoms with van der Waals surface area (Å²) in [6, 6.07) is 9.46. The van der Waals surface area contributed by atoms with Gasteiger partial charge in [0.2, 0.25) is 5.91 Å². The predicted molar refractivity (Wildman–Crippen MR) is 70.4 cm³/mol. The maximum atomic E-state index is 11.9. The van der Waals surface area contributed by atoms with Gasteiger partial charge in [0.05, 0.1) is 12.1 Å². The van der Waals surface area contributed by atoms with E-state index >= 15 is 0 Å². The van der Waals surface area contributed by atoms with Crippen molar-refractivity contribution < 1.29 is 4.79 Å². The molecule has 0 spiro atoms. The average Bonchev–Trinajstić information content (AvgIpc) is 2.37. The number of carbonyl (C=O) groups excluding carboxylic acids is 1. The van der Waals surface area contributed by atoms with Crippen LogP contribution in [0.15, 0.2) is 30.3 Å². The van der Waals surface area contributed by atoms with E-state index in [4.69, 9.17) is 5.73 Å². The molecule has 0 saturated heterocycles. The Labute approximate surface area is 103 Å². The largest absolute Gasteiger partial charge is 0.348 e. The molecule has 0 aromatic heterocycles. The van der Waals surface area contributed by atoms with Crippen molar-refractivity contribution in [2.75, 3.05) is 0 Å². The zero-order valence-electron chi connectivity index (χ0n) is 10.8. The summed E-state index contributed by atoms with van der Waals surface area (Å²) in [6.07, 6.45) is 0.911. The lowest BCUT2D eigenvalue weighted by Gasteiger charge is -2.21. The van der Waals surface area contributed by atoms with Crippen LogP contribution < -0.4 is 11.1 Å². The van der Waals surface area contributed by atoms with Crippen molar-refractivity contribution in [3.8, 4) is 0 Å². The summed E-state index contributed by atoms with van der Waals surface area (Å²) in [5.41, 5.74) is 6.98. The third-order valence-electron chi connectivity index (χ3n) is 3.22. The molecule has 17 heavy (non-hydrogen) atoms. The quantitative estimate of drug-likeness (QED) is 0.821. The van der Waals surface area contributed by atoms with Crippen molar-refractivity contribution >= 4 is 5.91 Å². The Kier molecular flexibility index (Phi) is 5.16. The number of benzene rings is 1. The number of nitrogens with one attached hydrogen (secondary N) is 1. The molecule has 3 atom stereocenters. The normalized spacial score (nSPS) is 16.0. The first-order valence-corrected chi connectivity index (χ1v) is 6.17. The molecule has 3 heteroatoms. The van der Waals surface area contributed by atoms with Gasteiger partial charge in [0, 0.05) is 0 Å². The third kappa shape index (κ3) is 3.86. The van der Waals surface area contributed by atoms with Crippen LogP contribution in [0.25, 0.3) is 0 Å². The number of amides is 1. The van der Waals surface area contributed by atoms with Gasteiger partial charge in [-0.15, -0.1) is 0 Å².